The number of methoxy groups -OCH3 is 1. The minimum Gasteiger partial charge on any atom is -0.497 e. The lowest BCUT2D eigenvalue weighted by Crippen LogP contribution is -2.39. The summed E-state index contributed by atoms with van der Waals surface area (Å²) in [5.74, 6) is 3.65. The van der Waals surface area contributed by atoms with Crippen molar-refractivity contribution < 1.29 is 9.53 Å². The van der Waals surface area contributed by atoms with Gasteiger partial charge in [0, 0.05) is 38.5 Å². The summed E-state index contributed by atoms with van der Waals surface area (Å²) >= 11 is 0. The third kappa shape index (κ3) is 3.98. The van der Waals surface area contributed by atoms with Crippen LogP contribution in [-0.2, 0) is 24.3 Å². The van der Waals surface area contributed by atoms with Gasteiger partial charge in [-0.05, 0) is 37.0 Å². The van der Waals surface area contributed by atoms with Crippen molar-refractivity contribution in [2.24, 2.45) is 0 Å². The van der Waals surface area contributed by atoms with E-state index in [9.17, 15) is 4.79 Å². The van der Waals surface area contributed by atoms with E-state index in [2.05, 4.69) is 20.1 Å². The number of fused-ring (bicyclic) bond motifs is 1. The number of likely N-dealkylation sites (tertiary alicyclic amines) is 1. The van der Waals surface area contributed by atoms with Gasteiger partial charge in [-0.15, -0.1) is 10.2 Å². The number of hydrogen-bond acceptors (Lipinski definition) is 5. The Kier molecular flexibility index (Phi) is 5.38. The molecule has 1 aromatic carbocycles. The van der Waals surface area contributed by atoms with Crippen molar-refractivity contribution in [3.8, 4) is 5.75 Å². The van der Waals surface area contributed by atoms with Crippen LogP contribution < -0.4 is 10.1 Å². The van der Waals surface area contributed by atoms with Crippen LogP contribution in [0, 0.1) is 0 Å². The maximum Gasteiger partial charge on any atom is 0.222 e. The summed E-state index contributed by atoms with van der Waals surface area (Å²) < 4.78 is 7.44. The molecular formula is C20H27N5O2. The van der Waals surface area contributed by atoms with E-state index < -0.39 is 0 Å². The molecule has 2 aliphatic rings. The van der Waals surface area contributed by atoms with Crippen molar-refractivity contribution in [1.82, 2.24) is 25.0 Å². The molecule has 3 heterocycles. The molecule has 0 aliphatic carbocycles. The van der Waals surface area contributed by atoms with Crippen LogP contribution in [0.15, 0.2) is 24.3 Å². The van der Waals surface area contributed by atoms with Crippen LogP contribution in [0.3, 0.4) is 0 Å². The molecule has 0 radical (unpaired) electrons. The van der Waals surface area contributed by atoms with E-state index in [-0.39, 0.29) is 5.91 Å². The van der Waals surface area contributed by atoms with Gasteiger partial charge in [-0.25, -0.2) is 0 Å². The summed E-state index contributed by atoms with van der Waals surface area (Å²) in [6, 6.07) is 7.95. The first-order valence-corrected chi connectivity index (χ1v) is 9.78. The Labute approximate surface area is 159 Å². The fraction of sp³-hybridized carbons (Fsp3) is 0.550. The summed E-state index contributed by atoms with van der Waals surface area (Å²) in [6.45, 7) is 4.34. The molecule has 144 valence electrons. The molecule has 1 aromatic heterocycles. The third-order valence-corrected chi connectivity index (χ3v) is 5.65. The first-order valence-electron chi connectivity index (χ1n) is 9.78. The molecule has 4 rings (SSSR count). The standard InChI is InChI=1S/C20H27N5O2/c1-27-17-5-2-15(3-6-17)4-7-19(26)24-11-8-16(9-12-24)20-23-22-18-14-21-10-13-25(18)20/h2-3,5-6,16,21H,4,7-14H2,1H3. The number of ether oxygens (including phenoxy) is 1. The van der Waals surface area contributed by atoms with Crippen LogP contribution >= 0.6 is 0 Å². The summed E-state index contributed by atoms with van der Waals surface area (Å²) in [5, 5.41) is 12.1. The Balaban J connectivity index is 1.28. The molecule has 0 saturated carbocycles. The van der Waals surface area contributed by atoms with E-state index in [1.807, 2.05) is 29.2 Å². The lowest BCUT2D eigenvalue weighted by molar-refractivity contribution is -0.132. The Morgan fingerprint density at radius 1 is 1.19 bits per heavy atom. The maximum absolute atomic E-state index is 12.6. The average molecular weight is 369 g/mol. The number of aromatic nitrogens is 3. The number of nitrogens with one attached hydrogen (secondary N) is 1. The number of nitrogens with zero attached hydrogens (tertiary/aromatic N) is 4. The van der Waals surface area contributed by atoms with Gasteiger partial charge in [-0.1, -0.05) is 12.1 Å². The van der Waals surface area contributed by atoms with Crippen LogP contribution in [-0.4, -0.2) is 52.3 Å². The number of hydrogen-bond donors (Lipinski definition) is 1. The normalized spacial score (nSPS) is 17.6. The molecule has 0 bridgehead atoms. The van der Waals surface area contributed by atoms with Crippen molar-refractivity contribution in [3.05, 3.63) is 41.5 Å². The number of benzene rings is 1. The second-order valence-electron chi connectivity index (χ2n) is 7.31. The number of rotatable bonds is 5. The Morgan fingerprint density at radius 2 is 1.96 bits per heavy atom. The van der Waals surface area contributed by atoms with E-state index in [0.29, 0.717) is 12.3 Å². The molecule has 7 heteroatoms. The van der Waals surface area contributed by atoms with E-state index >= 15 is 0 Å². The minimum absolute atomic E-state index is 0.247. The van der Waals surface area contributed by atoms with E-state index in [4.69, 9.17) is 4.74 Å². The fourth-order valence-corrected chi connectivity index (χ4v) is 4.01. The zero-order valence-electron chi connectivity index (χ0n) is 15.9. The largest absolute Gasteiger partial charge is 0.497 e. The highest BCUT2D eigenvalue weighted by molar-refractivity contribution is 5.76. The van der Waals surface area contributed by atoms with Gasteiger partial charge in [0.2, 0.25) is 5.91 Å². The predicted molar refractivity (Wildman–Crippen MR) is 102 cm³/mol. The van der Waals surface area contributed by atoms with Gasteiger partial charge in [0.25, 0.3) is 0 Å². The molecule has 1 N–H and O–H groups in total. The number of amides is 1. The van der Waals surface area contributed by atoms with Crippen LogP contribution in [0.4, 0.5) is 0 Å². The van der Waals surface area contributed by atoms with E-state index in [0.717, 1.165) is 69.4 Å². The highest BCUT2D eigenvalue weighted by Crippen LogP contribution is 2.28. The van der Waals surface area contributed by atoms with Gasteiger partial charge in [0.15, 0.2) is 0 Å². The lowest BCUT2D eigenvalue weighted by atomic mass is 9.95. The quantitative estimate of drug-likeness (QED) is 0.869. The van der Waals surface area contributed by atoms with Crippen molar-refractivity contribution in [2.45, 2.75) is 44.7 Å². The molecular weight excluding hydrogens is 342 g/mol. The minimum atomic E-state index is 0.247. The van der Waals surface area contributed by atoms with Crippen LogP contribution in [0.25, 0.3) is 0 Å². The molecule has 0 spiro atoms. The molecule has 1 saturated heterocycles. The lowest BCUT2D eigenvalue weighted by Gasteiger charge is -2.32. The Bertz CT molecular complexity index is 778. The van der Waals surface area contributed by atoms with E-state index in [1.54, 1.807) is 7.11 Å². The molecule has 0 unspecified atom stereocenters. The summed E-state index contributed by atoms with van der Waals surface area (Å²) in [4.78, 5) is 14.6. The number of carbonyl (C=O) groups is 1. The van der Waals surface area contributed by atoms with Gasteiger partial charge in [-0.3, -0.25) is 4.79 Å². The molecule has 7 nitrogen and oxygen atoms in total. The van der Waals surface area contributed by atoms with E-state index in [1.165, 1.54) is 5.56 Å². The van der Waals surface area contributed by atoms with Crippen LogP contribution in [0.2, 0.25) is 0 Å². The van der Waals surface area contributed by atoms with Gasteiger partial charge >= 0.3 is 0 Å². The number of carbonyl (C=O) groups excluding carboxylic acids is 1. The predicted octanol–water partition coefficient (Wildman–Crippen LogP) is 1.73. The monoisotopic (exact) mass is 369 g/mol. The van der Waals surface area contributed by atoms with Gasteiger partial charge < -0.3 is 19.5 Å². The van der Waals surface area contributed by atoms with Gasteiger partial charge in [-0.2, -0.15) is 0 Å². The average Bonchev–Trinajstić information content (AvgIpc) is 3.16. The summed E-state index contributed by atoms with van der Waals surface area (Å²) in [5.41, 5.74) is 1.17. The molecule has 27 heavy (non-hydrogen) atoms. The highest BCUT2D eigenvalue weighted by Gasteiger charge is 2.28. The molecule has 1 fully saturated rings. The smallest absolute Gasteiger partial charge is 0.222 e. The topological polar surface area (TPSA) is 72.3 Å². The van der Waals surface area contributed by atoms with Crippen molar-refractivity contribution in [3.63, 3.8) is 0 Å². The summed E-state index contributed by atoms with van der Waals surface area (Å²) in [6.07, 6.45) is 3.27. The Hall–Kier alpha value is -2.41. The maximum atomic E-state index is 12.6. The first-order chi connectivity index (χ1) is 13.2. The fourth-order valence-electron chi connectivity index (χ4n) is 4.01. The molecule has 1 amide bonds. The molecule has 0 atom stereocenters. The zero-order valence-corrected chi connectivity index (χ0v) is 15.9. The number of aryl methyl sites for hydroxylation is 1. The highest BCUT2D eigenvalue weighted by atomic mass is 16.5. The second-order valence-corrected chi connectivity index (χ2v) is 7.31. The van der Waals surface area contributed by atoms with Crippen LogP contribution in [0.1, 0.15) is 42.4 Å². The van der Waals surface area contributed by atoms with Crippen molar-refractivity contribution in [1.29, 1.82) is 0 Å². The zero-order chi connectivity index (χ0) is 18.6. The van der Waals surface area contributed by atoms with Crippen LogP contribution in [0.5, 0.6) is 5.75 Å². The Morgan fingerprint density at radius 3 is 2.70 bits per heavy atom. The molecule has 2 aromatic rings. The van der Waals surface area contributed by atoms with Gasteiger partial charge in [0.1, 0.15) is 17.4 Å². The van der Waals surface area contributed by atoms with Gasteiger partial charge in [0.05, 0.1) is 13.7 Å². The second kappa shape index (κ2) is 8.08. The van der Waals surface area contributed by atoms with Crippen molar-refractivity contribution in [2.75, 3.05) is 26.7 Å². The number of piperidine rings is 1. The molecule has 2 aliphatic heterocycles. The third-order valence-electron chi connectivity index (χ3n) is 5.65. The summed E-state index contributed by atoms with van der Waals surface area (Å²) in [7, 11) is 1.66. The SMILES string of the molecule is COc1ccc(CCC(=O)N2CCC(c3nnc4n3CCNC4)CC2)cc1. The van der Waals surface area contributed by atoms with Crippen molar-refractivity contribution >= 4 is 5.91 Å². The first kappa shape index (κ1) is 18.0.